The van der Waals surface area contributed by atoms with Crippen LogP contribution < -0.4 is 5.32 Å². The maximum atomic E-state index is 12.5. The van der Waals surface area contributed by atoms with Crippen molar-refractivity contribution in [2.75, 3.05) is 6.61 Å². The second-order valence-corrected chi connectivity index (χ2v) is 18.4. The van der Waals surface area contributed by atoms with Gasteiger partial charge in [-0.05, 0) is 51.4 Å². The van der Waals surface area contributed by atoms with Gasteiger partial charge in [0.1, 0.15) is 6.10 Å². The molecule has 0 spiro atoms. The molecule has 0 aromatic heterocycles. The van der Waals surface area contributed by atoms with Crippen molar-refractivity contribution in [1.82, 2.24) is 5.32 Å². The largest absolute Gasteiger partial charge is 0.394 e. The Kier molecular flexibility index (Phi) is 49.0. The number of hydrogen-bond acceptors (Lipinski definition) is 4. The first kappa shape index (κ1) is 58.6. The number of carbonyl (C=O) groups is 1. The van der Waals surface area contributed by atoms with E-state index < -0.39 is 24.2 Å². The Morgan fingerprint density at radius 1 is 0.417 bits per heavy atom. The Balaban J connectivity index is 3.62. The van der Waals surface area contributed by atoms with E-state index in [1.54, 1.807) is 6.08 Å². The van der Waals surface area contributed by atoms with Crippen LogP contribution in [0.25, 0.3) is 0 Å². The number of aliphatic hydroxyl groups excluding tert-OH is 3. The zero-order valence-corrected chi connectivity index (χ0v) is 40.4. The Morgan fingerprint density at radius 3 is 1.05 bits per heavy atom. The van der Waals surface area contributed by atoms with Gasteiger partial charge in [-0.25, -0.2) is 0 Å². The number of carbonyl (C=O) groups excluding carboxylic acids is 1. The standard InChI is InChI=1S/C55H105NO4/c1-3-5-7-9-11-13-15-17-19-21-23-25-27-28-30-31-33-35-37-39-41-43-45-47-49-53(58)52(51-57)56-55(60)54(59)50-48-46-44-42-40-38-36-34-32-29-26-24-22-20-18-16-14-12-10-8-6-4-2/h24,26,32,34,47,49,52-54,57-59H,3-23,25,27-31,33,35-46,48,50-51H2,1-2H3,(H,56,60)/b26-24-,34-32-,49-47+. The average molecular weight is 844 g/mol. The Bertz CT molecular complexity index is 931. The Morgan fingerprint density at radius 2 is 0.717 bits per heavy atom. The molecule has 0 heterocycles. The summed E-state index contributed by atoms with van der Waals surface area (Å²) in [5.41, 5.74) is 0. The van der Waals surface area contributed by atoms with Crippen LogP contribution >= 0.6 is 0 Å². The minimum Gasteiger partial charge on any atom is -0.394 e. The third kappa shape index (κ3) is 44.6. The molecule has 60 heavy (non-hydrogen) atoms. The van der Waals surface area contributed by atoms with Crippen LogP contribution in [0.4, 0.5) is 0 Å². The molecule has 0 rings (SSSR count). The van der Waals surface area contributed by atoms with Gasteiger partial charge in [-0.3, -0.25) is 4.79 Å². The monoisotopic (exact) mass is 844 g/mol. The van der Waals surface area contributed by atoms with Crippen LogP contribution in [-0.4, -0.2) is 46.1 Å². The van der Waals surface area contributed by atoms with Crippen LogP contribution in [0.3, 0.4) is 0 Å². The van der Waals surface area contributed by atoms with Crippen LogP contribution in [-0.2, 0) is 4.79 Å². The minimum atomic E-state index is -1.11. The van der Waals surface area contributed by atoms with Crippen LogP contribution in [0.1, 0.15) is 284 Å². The predicted octanol–water partition coefficient (Wildman–Crippen LogP) is 16.3. The Labute approximate surface area is 374 Å². The van der Waals surface area contributed by atoms with Crippen molar-refractivity contribution in [3.8, 4) is 0 Å². The summed E-state index contributed by atoms with van der Waals surface area (Å²) in [5.74, 6) is -0.508. The molecular formula is C55H105NO4. The van der Waals surface area contributed by atoms with E-state index in [1.165, 1.54) is 218 Å². The molecule has 4 N–H and O–H groups in total. The molecule has 3 unspecified atom stereocenters. The number of amides is 1. The molecule has 0 aliphatic rings. The van der Waals surface area contributed by atoms with E-state index in [0.717, 1.165) is 44.9 Å². The maximum absolute atomic E-state index is 12.5. The van der Waals surface area contributed by atoms with Crippen molar-refractivity contribution >= 4 is 5.91 Å². The molecule has 3 atom stereocenters. The van der Waals surface area contributed by atoms with Gasteiger partial charge in [0.2, 0.25) is 5.91 Å². The van der Waals surface area contributed by atoms with Crippen molar-refractivity contribution in [1.29, 1.82) is 0 Å². The highest BCUT2D eigenvalue weighted by Crippen LogP contribution is 2.17. The molecule has 0 aromatic carbocycles. The van der Waals surface area contributed by atoms with E-state index in [2.05, 4.69) is 43.5 Å². The summed E-state index contributed by atoms with van der Waals surface area (Å²) < 4.78 is 0. The van der Waals surface area contributed by atoms with Gasteiger partial charge >= 0.3 is 0 Å². The van der Waals surface area contributed by atoms with Gasteiger partial charge in [0.15, 0.2) is 0 Å². The molecule has 0 aliphatic carbocycles. The molecule has 0 aliphatic heterocycles. The summed E-state index contributed by atoms with van der Waals surface area (Å²) in [7, 11) is 0. The van der Waals surface area contributed by atoms with Crippen molar-refractivity contribution < 1.29 is 20.1 Å². The predicted molar refractivity (Wildman–Crippen MR) is 264 cm³/mol. The first-order chi connectivity index (χ1) is 29.6. The first-order valence-corrected chi connectivity index (χ1v) is 26.8. The highest BCUT2D eigenvalue weighted by atomic mass is 16.3. The number of hydrogen-bond donors (Lipinski definition) is 4. The third-order valence-corrected chi connectivity index (χ3v) is 12.5. The topological polar surface area (TPSA) is 89.8 Å². The fraction of sp³-hybridized carbons (Fsp3) is 0.873. The lowest BCUT2D eigenvalue weighted by atomic mass is 10.0. The maximum Gasteiger partial charge on any atom is 0.249 e. The molecule has 0 fully saturated rings. The lowest BCUT2D eigenvalue weighted by Gasteiger charge is -2.21. The number of unbranched alkanes of at least 4 members (excludes halogenated alkanes) is 37. The fourth-order valence-corrected chi connectivity index (χ4v) is 8.28. The van der Waals surface area contributed by atoms with Gasteiger partial charge in [-0.2, -0.15) is 0 Å². The smallest absolute Gasteiger partial charge is 0.249 e. The summed E-state index contributed by atoms with van der Waals surface area (Å²) >= 11 is 0. The third-order valence-electron chi connectivity index (χ3n) is 12.5. The van der Waals surface area contributed by atoms with Crippen LogP contribution in [0.2, 0.25) is 0 Å². The number of allylic oxidation sites excluding steroid dienone is 5. The van der Waals surface area contributed by atoms with Crippen molar-refractivity contribution in [3.05, 3.63) is 36.5 Å². The summed E-state index contributed by atoms with van der Waals surface area (Å²) in [6.45, 7) is 4.20. The van der Waals surface area contributed by atoms with Gasteiger partial charge in [-0.1, -0.05) is 269 Å². The summed E-state index contributed by atoms with van der Waals surface area (Å²) in [5, 5.41) is 33.3. The summed E-state index contributed by atoms with van der Waals surface area (Å²) in [6.07, 6.45) is 64.9. The van der Waals surface area contributed by atoms with Gasteiger partial charge in [0.05, 0.1) is 18.8 Å². The second kappa shape index (κ2) is 50.2. The van der Waals surface area contributed by atoms with Crippen molar-refractivity contribution in [2.24, 2.45) is 0 Å². The van der Waals surface area contributed by atoms with E-state index in [-0.39, 0.29) is 6.61 Å². The minimum absolute atomic E-state index is 0.366. The van der Waals surface area contributed by atoms with Crippen LogP contribution in [0, 0.1) is 0 Å². The quantitative estimate of drug-likeness (QED) is 0.0363. The van der Waals surface area contributed by atoms with E-state index in [4.69, 9.17) is 0 Å². The molecule has 1 amide bonds. The molecule has 0 radical (unpaired) electrons. The highest BCUT2D eigenvalue weighted by molar-refractivity contribution is 5.80. The molecule has 5 nitrogen and oxygen atoms in total. The van der Waals surface area contributed by atoms with Gasteiger partial charge in [0, 0.05) is 0 Å². The van der Waals surface area contributed by atoms with Gasteiger partial charge in [-0.15, -0.1) is 0 Å². The van der Waals surface area contributed by atoms with Gasteiger partial charge < -0.3 is 20.6 Å². The normalized spacial score (nSPS) is 13.6. The van der Waals surface area contributed by atoms with E-state index in [1.807, 2.05) is 6.08 Å². The zero-order valence-electron chi connectivity index (χ0n) is 40.4. The molecule has 354 valence electrons. The van der Waals surface area contributed by atoms with Gasteiger partial charge in [0.25, 0.3) is 0 Å². The average Bonchev–Trinajstić information content (AvgIpc) is 3.25. The zero-order chi connectivity index (χ0) is 43.7. The van der Waals surface area contributed by atoms with Crippen LogP contribution in [0.15, 0.2) is 36.5 Å². The molecular weight excluding hydrogens is 739 g/mol. The van der Waals surface area contributed by atoms with Crippen LogP contribution in [0.5, 0.6) is 0 Å². The molecule has 0 bridgehead atoms. The number of nitrogens with one attached hydrogen (secondary N) is 1. The van der Waals surface area contributed by atoms with Crippen molar-refractivity contribution in [2.45, 2.75) is 302 Å². The molecule has 5 heteroatoms. The number of rotatable bonds is 49. The second-order valence-electron chi connectivity index (χ2n) is 18.4. The fourth-order valence-electron chi connectivity index (χ4n) is 8.28. The molecule has 0 aromatic rings. The Hall–Kier alpha value is -1.43. The van der Waals surface area contributed by atoms with E-state index in [0.29, 0.717) is 6.42 Å². The highest BCUT2D eigenvalue weighted by Gasteiger charge is 2.22. The van der Waals surface area contributed by atoms with E-state index in [9.17, 15) is 20.1 Å². The number of aliphatic hydroxyl groups is 3. The molecule has 0 saturated heterocycles. The SMILES string of the molecule is CCCCCCCCCCC/C=C\C/C=C\CCCCCCCCC(O)C(=O)NC(CO)C(O)/C=C/CCCCCCCCCCCCCCCCCCCCCCCC. The summed E-state index contributed by atoms with van der Waals surface area (Å²) in [4.78, 5) is 12.5. The lowest BCUT2D eigenvalue weighted by molar-refractivity contribution is -0.131. The lowest BCUT2D eigenvalue weighted by Crippen LogP contribution is -2.48. The first-order valence-electron chi connectivity index (χ1n) is 26.8. The van der Waals surface area contributed by atoms with E-state index >= 15 is 0 Å². The molecule has 0 saturated carbocycles. The summed E-state index contributed by atoms with van der Waals surface area (Å²) in [6, 6.07) is -0.803. The van der Waals surface area contributed by atoms with Crippen molar-refractivity contribution in [3.63, 3.8) is 0 Å².